The number of amides is 2. The van der Waals surface area contributed by atoms with Gasteiger partial charge in [-0.3, -0.25) is 10.3 Å². The molecular formula is C18H26N6OS. The van der Waals surface area contributed by atoms with Gasteiger partial charge in [-0.05, 0) is 25.5 Å². The average molecular weight is 375 g/mol. The molecule has 0 bridgehead atoms. The second-order valence-electron chi connectivity index (χ2n) is 6.52. The van der Waals surface area contributed by atoms with Gasteiger partial charge in [-0.1, -0.05) is 31.1 Å². The molecule has 7 nitrogen and oxygen atoms in total. The molecule has 140 valence electrons. The van der Waals surface area contributed by atoms with Crippen LogP contribution in [0.4, 0.5) is 15.6 Å². The first-order valence-corrected chi connectivity index (χ1v) is 10.0. The first kappa shape index (κ1) is 18.6. The van der Waals surface area contributed by atoms with Crippen molar-refractivity contribution in [1.82, 2.24) is 20.1 Å². The largest absolute Gasteiger partial charge is 0.368 e. The Balaban J connectivity index is 1.48. The van der Waals surface area contributed by atoms with Gasteiger partial charge in [-0.25, -0.2) is 4.79 Å². The van der Waals surface area contributed by atoms with Gasteiger partial charge in [0.05, 0.1) is 0 Å². The van der Waals surface area contributed by atoms with Crippen LogP contribution in [0, 0.1) is 6.92 Å². The van der Waals surface area contributed by atoms with Crippen molar-refractivity contribution in [3.8, 4) is 0 Å². The molecule has 3 heterocycles. The van der Waals surface area contributed by atoms with Crippen LogP contribution < -0.4 is 10.2 Å². The number of urea groups is 1. The molecule has 1 saturated heterocycles. The van der Waals surface area contributed by atoms with E-state index in [0.29, 0.717) is 18.2 Å². The molecule has 2 amide bonds. The highest BCUT2D eigenvalue weighted by Crippen LogP contribution is 2.20. The smallest absolute Gasteiger partial charge is 0.323 e. The number of piperazine rings is 1. The Bertz CT molecular complexity index is 726. The Kier molecular flexibility index (Phi) is 6.38. The van der Waals surface area contributed by atoms with Crippen LogP contribution in [0.2, 0.25) is 0 Å². The highest BCUT2D eigenvalue weighted by molar-refractivity contribution is 7.15. The van der Waals surface area contributed by atoms with E-state index in [1.807, 2.05) is 24.1 Å². The summed E-state index contributed by atoms with van der Waals surface area (Å²) in [5, 5.41) is 12.7. The third-order valence-electron chi connectivity index (χ3n) is 4.49. The fourth-order valence-electron chi connectivity index (χ4n) is 3.00. The van der Waals surface area contributed by atoms with Gasteiger partial charge in [-0.2, -0.15) is 0 Å². The summed E-state index contributed by atoms with van der Waals surface area (Å²) in [4.78, 5) is 20.8. The fraction of sp³-hybridized carbons (Fsp3) is 0.556. The van der Waals surface area contributed by atoms with Crippen molar-refractivity contribution in [2.45, 2.75) is 39.5 Å². The van der Waals surface area contributed by atoms with E-state index in [1.165, 1.54) is 29.9 Å². The van der Waals surface area contributed by atoms with Crippen molar-refractivity contribution >= 4 is 28.2 Å². The van der Waals surface area contributed by atoms with Crippen LogP contribution in [0.3, 0.4) is 0 Å². The lowest BCUT2D eigenvalue weighted by Gasteiger charge is -2.35. The molecule has 1 fully saturated rings. The molecule has 1 aliphatic heterocycles. The topological polar surface area (TPSA) is 74.2 Å². The summed E-state index contributed by atoms with van der Waals surface area (Å²) in [6.45, 7) is 7.18. The second kappa shape index (κ2) is 8.93. The Morgan fingerprint density at radius 3 is 2.77 bits per heavy atom. The van der Waals surface area contributed by atoms with Gasteiger partial charge in [-0.15, -0.1) is 10.2 Å². The molecule has 8 heteroatoms. The van der Waals surface area contributed by atoms with Gasteiger partial charge in [0.25, 0.3) is 0 Å². The molecule has 3 rings (SSSR count). The third kappa shape index (κ3) is 4.91. The number of rotatable bonds is 6. The van der Waals surface area contributed by atoms with E-state index in [4.69, 9.17) is 0 Å². The van der Waals surface area contributed by atoms with Crippen molar-refractivity contribution in [1.29, 1.82) is 0 Å². The van der Waals surface area contributed by atoms with Crippen LogP contribution in [0.1, 0.15) is 36.9 Å². The molecule has 1 aliphatic rings. The zero-order valence-corrected chi connectivity index (χ0v) is 16.3. The van der Waals surface area contributed by atoms with Gasteiger partial charge >= 0.3 is 6.03 Å². The first-order valence-electron chi connectivity index (χ1n) is 9.21. The van der Waals surface area contributed by atoms with Crippen molar-refractivity contribution < 1.29 is 4.79 Å². The minimum Gasteiger partial charge on any atom is -0.368 e. The van der Waals surface area contributed by atoms with Gasteiger partial charge in [0, 0.05) is 50.2 Å². The molecule has 0 aliphatic carbocycles. The molecule has 2 aromatic rings. The standard InChI is InChI=1S/C18H26N6OS/c1-3-4-5-6-16-21-22-17(26-16)20-18(25)24-11-9-23(10-12-24)15-7-8-19-14(2)13-15/h7-8,13H,3-6,9-12H2,1-2H3,(H,20,22,25). The van der Waals surface area contributed by atoms with E-state index in [-0.39, 0.29) is 6.03 Å². The maximum atomic E-state index is 12.5. The molecule has 0 atom stereocenters. The molecule has 0 unspecified atom stereocenters. The summed E-state index contributed by atoms with van der Waals surface area (Å²) in [6, 6.07) is 4.01. The summed E-state index contributed by atoms with van der Waals surface area (Å²) in [7, 11) is 0. The number of hydrogen-bond acceptors (Lipinski definition) is 6. The van der Waals surface area contributed by atoms with Crippen LogP contribution in [-0.2, 0) is 6.42 Å². The van der Waals surface area contributed by atoms with Gasteiger partial charge in [0.2, 0.25) is 5.13 Å². The summed E-state index contributed by atoms with van der Waals surface area (Å²) < 4.78 is 0. The maximum absolute atomic E-state index is 12.5. The normalized spacial score (nSPS) is 14.5. The zero-order chi connectivity index (χ0) is 18.4. The van der Waals surface area contributed by atoms with E-state index >= 15 is 0 Å². The van der Waals surface area contributed by atoms with Crippen LogP contribution in [0.25, 0.3) is 0 Å². The summed E-state index contributed by atoms with van der Waals surface area (Å²) in [5.41, 5.74) is 2.17. The number of carbonyl (C=O) groups is 1. The molecule has 0 aromatic carbocycles. The lowest BCUT2D eigenvalue weighted by Crippen LogP contribution is -2.50. The summed E-state index contributed by atoms with van der Waals surface area (Å²) in [5.74, 6) is 0. The second-order valence-corrected chi connectivity index (χ2v) is 7.58. The molecular weight excluding hydrogens is 348 g/mol. The van der Waals surface area contributed by atoms with E-state index in [1.54, 1.807) is 0 Å². The molecule has 2 aromatic heterocycles. The zero-order valence-electron chi connectivity index (χ0n) is 15.4. The third-order valence-corrected chi connectivity index (χ3v) is 5.39. The number of carbonyl (C=O) groups excluding carboxylic acids is 1. The maximum Gasteiger partial charge on any atom is 0.323 e. The highest BCUT2D eigenvalue weighted by atomic mass is 32.1. The number of nitrogens with zero attached hydrogens (tertiary/aromatic N) is 5. The quantitative estimate of drug-likeness (QED) is 0.785. The minimum atomic E-state index is -0.0909. The van der Waals surface area contributed by atoms with Crippen molar-refractivity contribution in [3.05, 3.63) is 29.0 Å². The first-order chi connectivity index (χ1) is 12.7. The number of hydrogen-bond donors (Lipinski definition) is 1. The fourth-order valence-corrected chi connectivity index (χ4v) is 3.77. The van der Waals surface area contributed by atoms with Gasteiger partial charge in [0.1, 0.15) is 5.01 Å². The SMILES string of the molecule is CCCCCc1nnc(NC(=O)N2CCN(c3ccnc(C)c3)CC2)s1. The average Bonchev–Trinajstić information content (AvgIpc) is 3.09. The molecule has 0 spiro atoms. The van der Waals surface area contributed by atoms with E-state index in [0.717, 1.165) is 36.6 Å². The Hall–Kier alpha value is -2.22. The van der Waals surface area contributed by atoms with Crippen LogP contribution in [0.5, 0.6) is 0 Å². The van der Waals surface area contributed by atoms with Gasteiger partial charge in [0.15, 0.2) is 0 Å². The van der Waals surface area contributed by atoms with E-state index in [9.17, 15) is 4.79 Å². The molecule has 0 radical (unpaired) electrons. The number of aromatic nitrogens is 3. The Morgan fingerprint density at radius 2 is 2.04 bits per heavy atom. The summed E-state index contributed by atoms with van der Waals surface area (Å²) in [6.07, 6.45) is 6.27. The summed E-state index contributed by atoms with van der Waals surface area (Å²) >= 11 is 1.48. The Labute approximate surface area is 158 Å². The van der Waals surface area contributed by atoms with Crippen molar-refractivity contribution in [2.24, 2.45) is 0 Å². The van der Waals surface area contributed by atoms with Crippen molar-refractivity contribution in [2.75, 3.05) is 36.4 Å². The number of unbranched alkanes of at least 4 members (excludes halogenated alkanes) is 2. The van der Waals surface area contributed by atoms with E-state index in [2.05, 4.69) is 38.4 Å². The Morgan fingerprint density at radius 1 is 1.23 bits per heavy atom. The number of pyridine rings is 1. The highest BCUT2D eigenvalue weighted by Gasteiger charge is 2.22. The van der Waals surface area contributed by atoms with Crippen LogP contribution >= 0.6 is 11.3 Å². The molecule has 0 saturated carbocycles. The predicted molar refractivity (Wildman–Crippen MR) is 105 cm³/mol. The number of aryl methyl sites for hydroxylation is 2. The monoisotopic (exact) mass is 374 g/mol. The minimum absolute atomic E-state index is 0.0909. The molecule has 26 heavy (non-hydrogen) atoms. The lowest BCUT2D eigenvalue weighted by molar-refractivity contribution is 0.208. The molecule has 1 N–H and O–H groups in total. The number of nitrogens with one attached hydrogen (secondary N) is 1. The van der Waals surface area contributed by atoms with E-state index < -0.39 is 0 Å². The lowest BCUT2D eigenvalue weighted by atomic mass is 10.2. The van der Waals surface area contributed by atoms with Crippen molar-refractivity contribution in [3.63, 3.8) is 0 Å². The van der Waals surface area contributed by atoms with Crippen LogP contribution in [-0.4, -0.2) is 52.3 Å². The van der Waals surface area contributed by atoms with Gasteiger partial charge < -0.3 is 9.80 Å². The van der Waals surface area contributed by atoms with Crippen LogP contribution in [0.15, 0.2) is 18.3 Å². The predicted octanol–water partition coefficient (Wildman–Crippen LogP) is 3.33. The number of anilines is 2.